The summed E-state index contributed by atoms with van der Waals surface area (Å²) < 4.78 is 3.25. The van der Waals surface area contributed by atoms with Crippen molar-refractivity contribution >= 4 is 40.5 Å². The highest BCUT2D eigenvalue weighted by Crippen LogP contribution is 2.25. The minimum atomic E-state index is -0.456. The van der Waals surface area contributed by atoms with Crippen molar-refractivity contribution in [2.24, 2.45) is 0 Å². The van der Waals surface area contributed by atoms with E-state index in [4.69, 9.17) is 23.2 Å². The van der Waals surface area contributed by atoms with Gasteiger partial charge in [-0.3, -0.25) is 24.3 Å². The minimum absolute atomic E-state index is 0.0192. The highest BCUT2D eigenvalue weighted by molar-refractivity contribution is 6.35. The number of amides is 1. The molecule has 2 aromatic heterocycles. The average Bonchev–Trinajstić information content (AvgIpc) is 3.11. The van der Waals surface area contributed by atoms with E-state index >= 15 is 0 Å². The fourth-order valence-corrected chi connectivity index (χ4v) is 3.89. The topological polar surface area (TPSA) is 108 Å². The Balaban J connectivity index is 1.69. The summed E-state index contributed by atoms with van der Waals surface area (Å²) in [4.78, 5) is 23.2. The lowest BCUT2D eigenvalue weighted by Gasteiger charge is -2.09. The summed E-state index contributed by atoms with van der Waals surface area (Å²) in [5, 5.41) is 23.8. The Bertz CT molecular complexity index is 1170. The zero-order valence-corrected chi connectivity index (χ0v) is 19.1. The Morgan fingerprint density at radius 1 is 1.10 bits per heavy atom. The zero-order valence-electron chi connectivity index (χ0n) is 17.6. The van der Waals surface area contributed by atoms with Crippen LogP contribution in [0.2, 0.25) is 10.0 Å². The van der Waals surface area contributed by atoms with Gasteiger partial charge in [-0.2, -0.15) is 10.2 Å². The Kier molecular flexibility index (Phi) is 6.66. The Morgan fingerprint density at radius 2 is 1.77 bits per heavy atom. The van der Waals surface area contributed by atoms with Gasteiger partial charge in [-0.25, -0.2) is 0 Å². The predicted molar refractivity (Wildman–Crippen MR) is 119 cm³/mol. The van der Waals surface area contributed by atoms with Gasteiger partial charge in [0.2, 0.25) is 5.91 Å². The number of benzene rings is 1. The summed E-state index contributed by atoms with van der Waals surface area (Å²) in [7, 11) is 0. The number of rotatable bonds is 7. The molecule has 164 valence electrons. The van der Waals surface area contributed by atoms with Crippen molar-refractivity contribution in [1.29, 1.82) is 0 Å². The first kappa shape index (κ1) is 22.8. The maximum absolute atomic E-state index is 12.5. The molecule has 0 fully saturated rings. The molecule has 0 saturated heterocycles. The van der Waals surface area contributed by atoms with Crippen LogP contribution in [0.15, 0.2) is 18.2 Å². The largest absolute Gasteiger partial charge is 0.323 e. The van der Waals surface area contributed by atoms with Gasteiger partial charge in [0.15, 0.2) is 0 Å². The van der Waals surface area contributed by atoms with Gasteiger partial charge in [0, 0.05) is 16.5 Å². The monoisotopic (exact) mass is 464 g/mol. The van der Waals surface area contributed by atoms with E-state index in [9.17, 15) is 14.9 Å². The summed E-state index contributed by atoms with van der Waals surface area (Å²) >= 11 is 12.2. The first-order valence-electron chi connectivity index (χ1n) is 9.54. The molecule has 2 heterocycles. The smallest absolute Gasteiger partial charge is 0.312 e. The van der Waals surface area contributed by atoms with Gasteiger partial charge in [-0.05, 0) is 45.4 Å². The molecule has 0 atom stereocenters. The van der Waals surface area contributed by atoms with E-state index < -0.39 is 4.92 Å². The molecule has 1 aromatic carbocycles. The van der Waals surface area contributed by atoms with Crippen molar-refractivity contribution in [1.82, 2.24) is 19.6 Å². The third kappa shape index (κ3) is 4.88. The van der Waals surface area contributed by atoms with Crippen LogP contribution in [0.4, 0.5) is 11.4 Å². The average molecular weight is 465 g/mol. The molecule has 9 nitrogen and oxygen atoms in total. The molecule has 11 heteroatoms. The molecule has 3 rings (SSSR count). The van der Waals surface area contributed by atoms with Crippen LogP contribution in [0.3, 0.4) is 0 Å². The molecule has 0 aliphatic heterocycles. The van der Waals surface area contributed by atoms with Gasteiger partial charge in [-0.15, -0.1) is 0 Å². The Labute approximate surface area is 189 Å². The third-order valence-corrected chi connectivity index (χ3v) is 5.64. The number of hydrogen-bond donors (Lipinski definition) is 1. The number of carbonyl (C=O) groups excluding carboxylic acids is 1. The number of anilines is 1. The Morgan fingerprint density at radius 3 is 2.39 bits per heavy atom. The summed E-state index contributed by atoms with van der Waals surface area (Å²) in [5.74, 6) is -0.231. The van der Waals surface area contributed by atoms with Crippen molar-refractivity contribution in [3.8, 4) is 0 Å². The number of halogens is 2. The van der Waals surface area contributed by atoms with E-state index in [0.717, 1.165) is 11.3 Å². The van der Waals surface area contributed by atoms with Crippen LogP contribution >= 0.6 is 23.2 Å². The Hall–Kier alpha value is -2.91. The lowest BCUT2D eigenvalue weighted by atomic mass is 10.2. The molecule has 0 unspecified atom stereocenters. The van der Waals surface area contributed by atoms with Gasteiger partial charge in [-0.1, -0.05) is 29.3 Å². The molecule has 0 aliphatic carbocycles. The molecular formula is C20H22Cl2N6O3. The number of carbonyl (C=O) groups is 1. The lowest BCUT2D eigenvalue weighted by molar-refractivity contribution is -0.386. The second-order valence-corrected chi connectivity index (χ2v) is 8.08. The fraction of sp³-hybridized carbons (Fsp3) is 0.350. The van der Waals surface area contributed by atoms with Crippen molar-refractivity contribution in [2.45, 2.75) is 47.2 Å². The van der Waals surface area contributed by atoms with E-state index in [1.54, 1.807) is 30.7 Å². The van der Waals surface area contributed by atoms with E-state index in [2.05, 4.69) is 15.5 Å². The third-order valence-electron chi connectivity index (χ3n) is 5.06. The van der Waals surface area contributed by atoms with Crippen LogP contribution in [0, 0.1) is 37.8 Å². The second-order valence-electron chi connectivity index (χ2n) is 7.24. The summed E-state index contributed by atoms with van der Waals surface area (Å²) in [6, 6.07) is 5.28. The molecule has 3 aromatic rings. The quantitative estimate of drug-likeness (QED) is 0.405. The number of nitro groups is 1. The predicted octanol–water partition coefficient (Wildman–Crippen LogP) is 4.61. The maximum Gasteiger partial charge on any atom is 0.312 e. The molecule has 1 N–H and O–H groups in total. The van der Waals surface area contributed by atoms with Crippen LogP contribution in [0.25, 0.3) is 0 Å². The van der Waals surface area contributed by atoms with E-state index in [1.165, 1.54) is 4.68 Å². The SMILES string of the molecule is Cc1nn(Cc2ccc(Cl)cc2Cl)c(C)c1NC(=O)CCn1nc(C)c([N+](=O)[O-])c1C. The van der Waals surface area contributed by atoms with Crippen LogP contribution in [0.5, 0.6) is 0 Å². The summed E-state index contributed by atoms with van der Waals surface area (Å²) in [5.41, 5.74) is 3.70. The number of hydrogen-bond acceptors (Lipinski definition) is 5. The molecular weight excluding hydrogens is 443 g/mol. The van der Waals surface area contributed by atoms with Crippen LogP contribution in [-0.4, -0.2) is 30.4 Å². The van der Waals surface area contributed by atoms with Crippen molar-refractivity contribution in [3.05, 3.63) is 66.7 Å². The highest BCUT2D eigenvalue weighted by Gasteiger charge is 2.22. The first-order chi connectivity index (χ1) is 14.6. The van der Waals surface area contributed by atoms with E-state index in [-0.39, 0.29) is 24.6 Å². The van der Waals surface area contributed by atoms with Gasteiger partial charge in [0.1, 0.15) is 11.4 Å². The van der Waals surface area contributed by atoms with Gasteiger partial charge >= 0.3 is 5.69 Å². The van der Waals surface area contributed by atoms with Gasteiger partial charge in [0.05, 0.1) is 35.1 Å². The standard InChI is InChI=1S/C20H22Cl2N6O3/c1-11-19(13(3)27(24-11)10-15-5-6-16(21)9-17(15)22)23-18(29)7-8-26-14(4)20(28(30)31)12(2)25-26/h5-6,9H,7-8,10H2,1-4H3,(H,23,29). The van der Waals surface area contributed by atoms with E-state index in [0.29, 0.717) is 39.4 Å². The number of nitrogens with one attached hydrogen (secondary N) is 1. The lowest BCUT2D eigenvalue weighted by Crippen LogP contribution is -2.16. The normalized spacial score (nSPS) is 11.0. The molecule has 0 bridgehead atoms. The minimum Gasteiger partial charge on any atom is -0.323 e. The van der Waals surface area contributed by atoms with Crippen molar-refractivity contribution < 1.29 is 9.72 Å². The molecule has 0 spiro atoms. The van der Waals surface area contributed by atoms with Crippen LogP contribution < -0.4 is 5.32 Å². The molecule has 31 heavy (non-hydrogen) atoms. The number of nitrogens with zero attached hydrogens (tertiary/aromatic N) is 5. The highest BCUT2D eigenvalue weighted by atomic mass is 35.5. The fourth-order valence-electron chi connectivity index (χ4n) is 3.42. The first-order valence-corrected chi connectivity index (χ1v) is 10.3. The van der Waals surface area contributed by atoms with Crippen molar-refractivity contribution in [3.63, 3.8) is 0 Å². The van der Waals surface area contributed by atoms with Gasteiger partial charge < -0.3 is 5.32 Å². The van der Waals surface area contributed by atoms with Crippen molar-refractivity contribution in [2.75, 3.05) is 5.32 Å². The van der Waals surface area contributed by atoms with Gasteiger partial charge in [0.25, 0.3) is 0 Å². The summed E-state index contributed by atoms with van der Waals surface area (Å²) in [6.07, 6.45) is 0.117. The molecule has 0 aliphatic rings. The molecule has 1 amide bonds. The zero-order chi connectivity index (χ0) is 22.9. The number of aryl methyl sites for hydroxylation is 3. The van der Waals surface area contributed by atoms with Crippen LogP contribution in [-0.2, 0) is 17.9 Å². The molecule has 0 saturated carbocycles. The maximum atomic E-state index is 12.5. The number of aromatic nitrogens is 4. The molecule has 0 radical (unpaired) electrons. The van der Waals surface area contributed by atoms with E-state index in [1.807, 2.05) is 19.9 Å². The second kappa shape index (κ2) is 9.07. The van der Waals surface area contributed by atoms with Crippen LogP contribution in [0.1, 0.15) is 34.8 Å². The summed E-state index contributed by atoms with van der Waals surface area (Å²) in [6.45, 7) is 7.55.